The number of fused-ring (bicyclic) bond motifs is 1. The van der Waals surface area contributed by atoms with Gasteiger partial charge in [-0.3, -0.25) is 0 Å². The monoisotopic (exact) mass is 384 g/mol. The van der Waals surface area contributed by atoms with Crippen LogP contribution in [0.25, 0.3) is 0 Å². The molecule has 2 aromatic carbocycles. The maximum atomic E-state index is 5.99. The topological polar surface area (TPSA) is 38.0 Å². The molecular formula is C15H14ClIN2. The molecule has 98 valence electrons. The smallest absolute Gasteiger partial charge is 0.0520 e. The van der Waals surface area contributed by atoms with E-state index in [4.69, 9.17) is 17.3 Å². The molecule has 0 aliphatic heterocycles. The van der Waals surface area contributed by atoms with Gasteiger partial charge in [0.05, 0.1) is 6.04 Å². The number of hydrogen-bond acceptors (Lipinski definition) is 2. The fourth-order valence-electron chi connectivity index (χ4n) is 2.58. The van der Waals surface area contributed by atoms with E-state index >= 15 is 0 Å². The van der Waals surface area contributed by atoms with E-state index in [-0.39, 0.29) is 0 Å². The maximum absolute atomic E-state index is 5.99. The van der Waals surface area contributed by atoms with Crippen LogP contribution in [0.4, 0.5) is 11.4 Å². The summed E-state index contributed by atoms with van der Waals surface area (Å²) in [4.78, 5) is 0. The van der Waals surface area contributed by atoms with E-state index in [1.165, 1.54) is 11.1 Å². The Bertz CT molecular complexity index is 628. The first kappa shape index (κ1) is 13.1. The molecule has 1 atom stereocenters. The first-order valence-corrected chi connectivity index (χ1v) is 7.69. The Morgan fingerprint density at radius 1 is 1.21 bits per heavy atom. The molecule has 4 heteroatoms. The van der Waals surface area contributed by atoms with Crippen molar-refractivity contribution in [2.24, 2.45) is 0 Å². The van der Waals surface area contributed by atoms with Gasteiger partial charge in [-0.2, -0.15) is 0 Å². The van der Waals surface area contributed by atoms with Crippen molar-refractivity contribution in [1.82, 2.24) is 0 Å². The summed E-state index contributed by atoms with van der Waals surface area (Å²) in [6.45, 7) is 0. The van der Waals surface area contributed by atoms with Crippen molar-refractivity contribution in [3.05, 3.63) is 56.1 Å². The van der Waals surface area contributed by atoms with Crippen LogP contribution in [0.3, 0.4) is 0 Å². The minimum atomic E-state index is 0.366. The summed E-state index contributed by atoms with van der Waals surface area (Å²) in [5, 5.41) is 4.38. The van der Waals surface area contributed by atoms with E-state index in [0.29, 0.717) is 6.04 Å². The van der Waals surface area contributed by atoms with Gasteiger partial charge in [-0.05, 0) is 76.9 Å². The lowest BCUT2D eigenvalue weighted by atomic mass is 10.1. The molecule has 3 rings (SSSR count). The SMILES string of the molecule is Nc1ccc2c(c1)CCC2Nc1ccc(Cl)cc1I. The highest BCUT2D eigenvalue weighted by atomic mass is 127. The number of nitrogen functional groups attached to an aromatic ring is 1. The molecule has 0 bridgehead atoms. The fourth-order valence-corrected chi connectivity index (χ4v) is 3.61. The van der Waals surface area contributed by atoms with Crippen molar-refractivity contribution in [2.45, 2.75) is 18.9 Å². The second-order valence-electron chi connectivity index (χ2n) is 4.82. The van der Waals surface area contributed by atoms with Crippen LogP contribution in [0, 0.1) is 3.57 Å². The third-order valence-electron chi connectivity index (χ3n) is 3.51. The van der Waals surface area contributed by atoms with Gasteiger partial charge in [0.15, 0.2) is 0 Å². The summed E-state index contributed by atoms with van der Waals surface area (Å²) in [6, 6.07) is 12.5. The van der Waals surface area contributed by atoms with Crippen LogP contribution in [-0.2, 0) is 6.42 Å². The predicted octanol–water partition coefficient (Wildman–Crippen LogP) is 4.63. The number of nitrogens with two attached hydrogens (primary N) is 1. The second kappa shape index (κ2) is 5.21. The van der Waals surface area contributed by atoms with Crippen molar-refractivity contribution < 1.29 is 0 Å². The average Bonchev–Trinajstić information content (AvgIpc) is 2.75. The summed E-state index contributed by atoms with van der Waals surface area (Å²) >= 11 is 8.30. The van der Waals surface area contributed by atoms with Gasteiger partial charge < -0.3 is 11.1 Å². The van der Waals surface area contributed by atoms with Crippen LogP contribution in [0.15, 0.2) is 36.4 Å². The molecule has 1 unspecified atom stereocenters. The minimum absolute atomic E-state index is 0.366. The Labute approximate surface area is 131 Å². The molecule has 0 saturated heterocycles. The molecule has 1 aliphatic rings. The Balaban J connectivity index is 1.86. The maximum Gasteiger partial charge on any atom is 0.0520 e. The molecule has 0 heterocycles. The Kier molecular flexibility index (Phi) is 3.58. The Morgan fingerprint density at radius 3 is 2.84 bits per heavy atom. The van der Waals surface area contributed by atoms with Crippen LogP contribution in [0.2, 0.25) is 5.02 Å². The zero-order valence-corrected chi connectivity index (χ0v) is 13.2. The molecular weight excluding hydrogens is 371 g/mol. The highest BCUT2D eigenvalue weighted by Crippen LogP contribution is 2.36. The summed E-state index contributed by atoms with van der Waals surface area (Å²) < 4.78 is 1.15. The van der Waals surface area contributed by atoms with E-state index in [1.54, 1.807) is 0 Å². The molecule has 0 radical (unpaired) electrons. The largest absolute Gasteiger partial charge is 0.399 e. The number of nitrogens with one attached hydrogen (secondary N) is 1. The molecule has 0 saturated carbocycles. The summed E-state index contributed by atoms with van der Waals surface area (Å²) in [5.74, 6) is 0. The van der Waals surface area contributed by atoms with Gasteiger partial charge in [-0.1, -0.05) is 17.7 Å². The summed E-state index contributed by atoms with van der Waals surface area (Å²) in [7, 11) is 0. The highest BCUT2D eigenvalue weighted by Gasteiger charge is 2.22. The van der Waals surface area contributed by atoms with E-state index < -0.39 is 0 Å². The molecule has 2 aromatic rings. The molecule has 3 N–H and O–H groups in total. The van der Waals surface area contributed by atoms with Crippen molar-refractivity contribution in [3.63, 3.8) is 0 Å². The molecule has 0 fully saturated rings. The lowest BCUT2D eigenvalue weighted by Gasteiger charge is -2.17. The van der Waals surface area contributed by atoms with Crippen molar-refractivity contribution in [2.75, 3.05) is 11.1 Å². The van der Waals surface area contributed by atoms with Crippen molar-refractivity contribution in [3.8, 4) is 0 Å². The van der Waals surface area contributed by atoms with Crippen molar-refractivity contribution >= 4 is 45.6 Å². The number of aryl methyl sites for hydroxylation is 1. The molecule has 0 spiro atoms. The van der Waals surface area contributed by atoms with Crippen LogP contribution < -0.4 is 11.1 Å². The van der Waals surface area contributed by atoms with Crippen LogP contribution in [0.5, 0.6) is 0 Å². The van der Waals surface area contributed by atoms with Gasteiger partial charge in [-0.15, -0.1) is 0 Å². The van der Waals surface area contributed by atoms with E-state index in [0.717, 1.165) is 32.8 Å². The fraction of sp³-hybridized carbons (Fsp3) is 0.200. The first-order chi connectivity index (χ1) is 9.13. The van der Waals surface area contributed by atoms with Gasteiger partial charge in [-0.25, -0.2) is 0 Å². The van der Waals surface area contributed by atoms with E-state index in [9.17, 15) is 0 Å². The summed E-state index contributed by atoms with van der Waals surface area (Å²) in [6.07, 6.45) is 2.19. The van der Waals surface area contributed by atoms with Gasteiger partial charge in [0.25, 0.3) is 0 Å². The Morgan fingerprint density at radius 2 is 2.05 bits per heavy atom. The molecule has 19 heavy (non-hydrogen) atoms. The van der Waals surface area contributed by atoms with Crippen LogP contribution in [-0.4, -0.2) is 0 Å². The zero-order chi connectivity index (χ0) is 13.4. The lowest BCUT2D eigenvalue weighted by molar-refractivity contribution is 0.761. The van der Waals surface area contributed by atoms with Crippen molar-refractivity contribution in [1.29, 1.82) is 0 Å². The quantitative estimate of drug-likeness (QED) is 0.585. The molecule has 0 amide bonds. The average molecular weight is 385 g/mol. The predicted molar refractivity (Wildman–Crippen MR) is 89.7 cm³/mol. The number of hydrogen-bond donors (Lipinski definition) is 2. The number of benzene rings is 2. The van der Waals surface area contributed by atoms with E-state index in [1.807, 2.05) is 24.3 Å². The number of halogens is 2. The molecule has 0 aromatic heterocycles. The lowest BCUT2D eigenvalue weighted by Crippen LogP contribution is -2.08. The third kappa shape index (κ3) is 2.67. The number of anilines is 2. The third-order valence-corrected chi connectivity index (χ3v) is 4.63. The van der Waals surface area contributed by atoms with Crippen LogP contribution in [0.1, 0.15) is 23.6 Å². The molecule has 1 aliphatic carbocycles. The van der Waals surface area contributed by atoms with Crippen LogP contribution >= 0.6 is 34.2 Å². The molecule has 2 nitrogen and oxygen atoms in total. The van der Waals surface area contributed by atoms with Gasteiger partial charge in [0.1, 0.15) is 0 Å². The minimum Gasteiger partial charge on any atom is -0.399 e. The normalized spacial score (nSPS) is 17.3. The Hall–Kier alpha value is -0.940. The van der Waals surface area contributed by atoms with Gasteiger partial charge >= 0.3 is 0 Å². The second-order valence-corrected chi connectivity index (χ2v) is 6.42. The first-order valence-electron chi connectivity index (χ1n) is 6.23. The van der Waals surface area contributed by atoms with Gasteiger partial charge in [0, 0.05) is 20.0 Å². The zero-order valence-electron chi connectivity index (χ0n) is 10.3. The van der Waals surface area contributed by atoms with E-state index in [2.05, 4.69) is 40.0 Å². The summed E-state index contributed by atoms with van der Waals surface area (Å²) in [5.41, 5.74) is 10.5. The standard InChI is InChI=1S/C15H14ClIN2/c16-10-2-6-15(13(17)8-10)19-14-5-1-9-7-11(18)3-4-12(9)14/h2-4,6-8,14,19H,1,5,18H2. The highest BCUT2D eigenvalue weighted by molar-refractivity contribution is 14.1. The van der Waals surface area contributed by atoms with Gasteiger partial charge in [0.2, 0.25) is 0 Å². The number of rotatable bonds is 2.